The Kier molecular flexibility index (Phi) is 18.4. The van der Waals surface area contributed by atoms with E-state index < -0.39 is 0 Å². The fraction of sp³-hybridized carbons (Fsp3) is 0.306. The number of fused-ring (bicyclic) bond motifs is 5. The summed E-state index contributed by atoms with van der Waals surface area (Å²) in [7, 11) is 3.45. The van der Waals surface area contributed by atoms with E-state index in [2.05, 4.69) is 177 Å². The molecular formula is C72H82F2O3. The van der Waals surface area contributed by atoms with E-state index >= 15 is 0 Å². The first-order valence-corrected chi connectivity index (χ1v) is 26.7. The number of rotatable bonds is 2. The van der Waals surface area contributed by atoms with E-state index in [1.165, 1.54) is 49.7 Å². The van der Waals surface area contributed by atoms with Gasteiger partial charge in [-0.3, -0.25) is 0 Å². The minimum Gasteiger partial charge on any atom is -0.508 e. The highest BCUT2D eigenvalue weighted by Crippen LogP contribution is 2.38. The van der Waals surface area contributed by atoms with Crippen LogP contribution in [0.15, 0.2) is 182 Å². The smallest absolute Gasteiger partial charge is 0.131 e. The van der Waals surface area contributed by atoms with Gasteiger partial charge in [0.05, 0.1) is 14.2 Å². The number of hydrogen-bond acceptors (Lipinski definition) is 3. The molecule has 0 fully saturated rings. The number of benzene rings is 10. The van der Waals surface area contributed by atoms with Crippen LogP contribution in [0, 0.1) is 11.6 Å². The number of ether oxygens (including phenoxy) is 2. The third-order valence-electron chi connectivity index (χ3n) is 13.7. The van der Waals surface area contributed by atoms with Crippen LogP contribution >= 0.6 is 0 Å². The maximum atomic E-state index is 13.8. The second-order valence-corrected chi connectivity index (χ2v) is 25.0. The van der Waals surface area contributed by atoms with Crippen molar-refractivity contribution in [1.82, 2.24) is 0 Å². The van der Waals surface area contributed by atoms with Crippen LogP contribution in [0.4, 0.5) is 8.78 Å². The third-order valence-corrected chi connectivity index (χ3v) is 13.7. The highest BCUT2D eigenvalue weighted by molar-refractivity contribution is 5.93. The van der Waals surface area contributed by atoms with Gasteiger partial charge in [0, 0.05) is 10.8 Å². The largest absolute Gasteiger partial charge is 0.508 e. The van der Waals surface area contributed by atoms with E-state index in [-0.39, 0.29) is 38.7 Å². The molecule has 0 saturated carbocycles. The predicted molar refractivity (Wildman–Crippen MR) is 328 cm³/mol. The molecule has 0 heterocycles. The normalized spacial score (nSPS) is 11.9. The lowest BCUT2D eigenvalue weighted by atomic mass is 9.83. The van der Waals surface area contributed by atoms with Crippen LogP contribution in [0.5, 0.6) is 17.2 Å². The summed E-state index contributed by atoms with van der Waals surface area (Å²) in [5.74, 6) is 1.96. The first kappa shape index (κ1) is 59.0. The van der Waals surface area contributed by atoms with Gasteiger partial charge in [0.1, 0.15) is 28.9 Å². The van der Waals surface area contributed by atoms with Crippen molar-refractivity contribution in [3.8, 4) is 17.2 Å². The molecule has 3 nitrogen and oxygen atoms in total. The lowest BCUT2D eigenvalue weighted by Crippen LogP contribution is -2.12. The zero-order valence-corrected chi connectivity index (χ0v) is 48.8. The zero-order chi connectivity index (χ0) is 56.7. The van der Waals surface area contributed by atoms with Gasteiger partial charge in [0.15, 0.2) is 0 Å². The lowest BCUT2D eigenvalue weighted by Gasteiger charge is -2.22. The van der Waals surface area contributed by atoms with Crippen molar-refractivity contribution in [2.75, 3.05) is 14.2 Å². The summed E-state index contributed by atoms with van der Waals surface area (Å²) in [5.41, 5.74) is 6.27. The standard InChI is InChI=1S/2C15H18O.2C14H15F.C14H16O/c1-15(2,3)12-9-5-7-11-8-6-10-13(16-4)14(11)12;1-15(2,3)14-10-12(16-4)9-11-7-5-6-8-13(11)14;1-14(2,3)11-8-4-6-10-7-5-9-12(15)13(10)11;2*1-14(2,3)13-9-11(15)8-10-6-4-5-7-12(10)13/h2*5-10H,1-4H3;2*4-9H,1-3H3;4-9,15H,1-3H3. The zero-order valence-electron chi connectivity index (χ0n) is 48.8. The summed E-state index contributed by atoms with van der Waals surface area (Å²) in [5, 5.41) is 20.9. The van der Waals surface area contributed by atoms with Crippen LogP contribution in [0.1, 0.15) is 132 Å². The van der Waals surface area contributed by atoms with E-state index in [0.29, 0.717) is 5.75 Å². The van der Waals surface area contributed by atoms with Gasteiger partial charge in [-0.25, -0.2) is 8.78 Å². The quantitative estimate of drug-likeness (QED) is 0.188. The Balaban J connectivity index is 0.000000156. The van der Waals surface area contributed by atoms with E-state index in [1.54, 1.807) is 32.4 Å². The van der Waals surface area contributed by atoms with Gasteiger partial charge in [-0.1, -0.05) is 237 Å². The summed E-state index contributed by atoms with van der Waals surface area (Å²) >= 11 is 0. The third kappa shape index (κ3) is 14.8. The van der Waals surface area contributed by atoms with Gasteiger partial charge in [0.25, 0.3) is 0 Å². The average Bonchev–Trinajstić information content (AvgIpc) is 3.37. The highest BCUT2D eigenvalue weighted by Gasteiger charge is 2.22. The summed E-state index contributed by atoms with van der Waals surface area (Å²) in [6.45, 7) is 32.5. The molecule has 0 aromatic heterocycles. The molecule has 0 atom stereocenters. The molecule has 402 valence electrons. The highest BCUT2D eigenvalue weighted by atomic mass is 19.1. The molecule has 77 heavy (non-hydrogen) atoms. The Morgan fingerprint density at radius 1 is 0.325 bits per heavy atom. The Hall–Kier alpha value is -7.24. The Labute approximate surface area is 458 Å². The second kappa shape index (κ2) is 24.0. The van der Waals surface area contributed by atoms with Crippen molar-refractivity contribution in [2.24, 2.45) is 0 Å². The van der Waals surface area contributed by atoms with Gasteiger partial charge in [0.2, 0.25) is 0 Å². The second-order valence-electron chi connectivity index (χ2n) is 25.0. The number of phenols is 1. The molecule has 0 radical (unpaired) electrons. The van der Waals surface area contributed by atoms with Crippen LogP contribution in [-0.2, 0) is 27.1 Å². The molecule has 0 unspecified atom stereocenters. The topological polar surface area (TPSA) is 38.7 Å². The van der Waals surface area contributed by atoms with Gasteiger partial charge in [-0.15, -0.1) is 0 Å². The predicted octanol–water partition coefficient (Wildman–Crippen LogP) is 20.7. The van der Waals surface area contributed by atoms with Gasteiger partial charge in [-0.05, 0) is 147 Å². The van der Waals surface area contributed by atoms with Crippen LogP contribution < -0.4 is 9.47 Å². The Morgan fingerprint density at radius 2 is 0.688 bits per heavy atom. The fourth-order valence-corrected chi connectivity index (χ4v) is 9.85. The number of hydrogen-bond donors (Lipinski definition) is 1. The van der Waals surface area contributed by atoms with E-state index in [0.717, 1.165) is 49.6 Å². The van der Waals surface area contributed by atoms with Gasteiger partial charge >= 0.3 is 0 Å². The molecule has 10 aromatic carbocycles. The molecule has 0 aliphatic carbocycles. The minimum atomic E-state index is -0.154. The molecule has 0 aliphatic heterocycles. The molecule has 1 N–H and O–H groups in total. The van der Waals surface area contributed by atoms with Crippen molar-refractivity contribution in [2.45, 2.75) is 131 Å². The summed E-state index contributed by atoms with van der Waals surface area (Å²) in [6.07, 6.45) is 0. The molecule has 10 rings (SSSR count). The first-order chi connectivity index (χ1) is 36.0. The number of methoxy groups -OCH3 is 2. The average molecular weight is 1030 g/mol. The van der Waals surface area contributed by atoms with Crippen molar-refractivity contribution < 1.29 is 23.4 Å². The maximum absolute atomic E-state index is 13.8. The summed E-state index contributed by atoms with van der Waals surface area (Å²) in [6, 6.07) is 59.5. The maximum Gasteiger partial charge on any atom is 0.131 e. The summed E-state index contributed by atoms with van der Waals surface area (Å²) < 4.78 is 38.0. The Bertz CT molecular complexity index is 3470. The monoisotopic (exact) mass is 1030 g/mol. The molecule has 0 bridgehead atoms. The van der Waals surface area contributed by atoms with E-state index in [1.807, 2.05) is 84.9 Å². The molecule has 5 heteroatoms. The Morgan fingerprint density at radius 3 is 1.14 bits per heavy atom. The van der Waals surface area contributed by atoms with Gasteiger partial charge < -0.3 is 14.6 Å². The molecular weight excluding hydrogens is 951 g/mol. The van der Waals surface area contributed by atoms with Crippen LogP contribution in [0.2, 0.25) is 0 Å². The van der Waals surface area contributed by atoms with E-state index in [9.17, 15) is 13.9 Å². The number of phenolic OH excluding ortho intramolecular Hbond substituents is 1. The van der Waals surface area contributed by atoms with Crippen LogP contribution in [-0.4, -0.2) is 19.3 Å². The SMILES string of the molecule is CC(C)(C)c1cc(F)cc2ccccc12.CC(C)(C)c1cc(O)cc2ccccc12.CC(C)(C)c1cccc2cccc(F)c12.COc1cc(C(C)(C)C)c2ccccc2c1.COc1cccc2cccc(C(C)(C)C)c12. The van der Waals surface area contributed by atoms with E-state index in [4.69, 9.17) is 9.47 Å². The number of aromatic hydroxyl groups is 1. The molecule has 0 aliphatic rings. The number of halogens is 2. The van der Waals surface area contributed by atoms with Crippen molar-refractivity contribution in [3.05, 3.63) is 221 Å². The fourth-order valence-electron chi connectivity index (χ4n) is 9.85. The van der Waals surface area contributed by atoms with Crippen LogP contribution in [0.3, 0.4) is 0 Å². The molecule has 0 saturated heterocycles. The minimum absolute atomic E-state index is 0.0261. The van der Waals surface area contributed by atoms with Crippen molar-refractivity contribution in [3.63, 3.8) is 0 Å². The van der Waals surface area contributed by atoms with Crippen molar-refractivity contribution in [1.29, 1.82) is 0 Å². The van der Waals surface area contributed by atoms with Crippen LogP contribution in [0.25, 0.3) is 53.9 Å². The molecule has 0 amide bonds. The van der Waals surface area contributed by atoms with Gasteiger partial charge in [-0.2, -0.15) is 0 Å². The molecule has 0 spiro atoms. The first-order valence-electron chi connectivity index (χ1n) is 26.7. The molecule has 10 aromatic rings. The van der Waals surface area contributed by atoms with Crippen molar-refractivity contribution >= 4 is 53.9 Å². The summed E-state index contributed by atoms with van der Waals surface area (Å²) in [4.78, 5) is 0. The lowest BCUT2D eigenvalue weighted by molar-refractivity contribution is 0.413.